The number of rotatable bonds is 6. The molecular formula is C26H25N3O2. The van der Waals surface area contributed by atoms with Gasteiger partial charge in [0.25, 0.3) is 0 Å². The Kier molecular flexibility index (Phi) is 5.40. The number of amides is 1. The maximum atomic E-state index is 13.0. The van der Waals surface area contributed by atoms with E-state index in [0.29, 0.717) is 6.42 Å². The molecule has 1 aliphatic heterocycles. The summed E-state index contributed by atoms with van der Waals surface area (Å²) in [5.41, 5.74) is 4.43. The van der Waals surface area contributed by atoms with Crippen LogP contribution in [0.5, 0.6) is 0 Å². The van der Waals surface area contributed by atoms with Crippen LogP contribution in [0.15, 0.2) is 83.6 Å². The van der Waals surface area contributed by atoms with Crippen LogP contribution in [-0.2, 0) is 11.2 Å². The van der Waals surface area contributed by atoms with Gasteiger partial charge in [0.15, 0.2) is 5.76 Å². The van der Waals surface area contributed by atoms with Gasteiger partial charge in [0.05, 0.1) is 18.5 Å². The van der Waals surface area contributed by atoms with Crippen molar-refractivity contribution in [1.82, 2.24) is 14.9 Å². The van der Waals surface area contributed by atoms with Crippen LogP contribution < -0.4 is 0 Å². The summed E-state index contributed by atoms with van der Waals surface area (Å²) in [5, 5.41) is 0. The van der Waals surface area contributed by atoms with Gasteiger partial charge in [-0.2, -0.15) is 0 Å². The van der Waals surface area contributed by atoms with Crippen LogP contribution in [0.3, 0.4) is 0 Å². The molecule has 31 heavy (non-hydrogen) atoms. The monoisotopic (exact) mass is 411 g/mol. The highest BCUT2D eigenvalue weighted by Gasteiger charge is 2.31. The van der Waals surface area contributed by atoms with Crippen LogP contribution in [0.1, 0.15) is 36.7 Å². The fourth-order valence-corrected chi connectivity index (χ4v) is 4.30. The first-order chi connectivity index (χ1) is 15.3. The summed E-state index contributed by atoms with van der Waals surface area (Å²) in [6.07, 6.45) is 6.61. The van der Waals surface area contributed by atoms with Crippen molar-refractivity contribution in [1.29, 1.82) is 0 Å². The van der Waals surface area contributed by atoms with Gasteiger partial charge in [-0.25, -0.2) is 4.98 Å². The third kappa shape index (κ3) is 4.17. The lowest BCUT2D eigenvalue weighted by Gasteiger charge is -2.23. The van der Waals surface area contributed by atoms with E-state index >= 15 is 0 Å². The lowest BCUT2D eigenvalue weighted by molar-refractivity contribution is -0.132. The molecule has 156 valence electrons. The Morgan fingerprint density at radius 3 is 2.61 bits per heavy atom. The van der Waals surface area contributed by atoms with E-state index in [2.05, 4.69) is 46.4 Å². The number of likely N-dealkylation sites (tertiary alicyclic amines) is 1. The van der Waals surface area contributed by atoms with Gasteiger partial charge in [-0.15, -0.1) is 0 Å². The van der Waals surface area contributed by atoms with E-state index in [4.69, 9.17) is 4.42 Å². The number of nitrogens with zero attached hydrogens (tertiary/aromatic N) is 2. The number of aryl methyl sites for hydroxylation is 1. The smallest absolute Gasteiger partial charge is 0.223 e. The van der Waals surface area contributed by atoms with Crippen LogP contribution in [0, 0.1) is 0 Å². The molecular weight excluding hydrogens is 386 g/mol. The number of carbonyl (C=O) groups is 1. The maximum absolute atomic E-state index is 13.0. The predicted octanol–water partition coefficient (Wildman–Crippen LogP) is 5.63. The fourth-order valence-electron chi connectivity index (χ4n) is 4.30. The molecule has 0 saturated carbocycles. The van der Waals surface area contributed by atoms with Gasteiger partial charge in [-0.05, 0) is 48.1 Å². The third-order valence-electron chi connectivity index (χ3n) is 5.96. The van der Waals surface area contributed by atoms with Gasteiger partial charge in [0.1, 0.15) is 11.5 Å². The van der Waals surface area contributed by atoms with Crippen molar-refractivity contribution >= 4 is 5.91 Å². The normalized spacial score (nSPS) is 16.0. The number of hydrogen-bond donors (Lipinski definition) is 1. The first-order valence-electron chi connectivity index (χ1n) is 10.8. The molecule has 1 amide bonds. The zero-order valence-corrected chi connectivity index (χ0v) is 17.3. The van der Waals surface area contributed by atoms with E-state index in [1.54, 1.807) is 12.5 Å². The number of hydrogen-bond acceptors (Lipinski definition) is 3. The summed E-state index contributed by atoms with van der Waals surface area (Å²) < 4.78 is 5.44. The lowest BCUT2D eigenvalue weighted by atomic mass is 10.0. The van der Waals surface area contributed by atoms with Crippen molar-refractivity contribution in [3.63, 3.8) is 0 Å². The highest BCUT2D eigenvalue weighted by molar-refractivity contribution is 5.77. The number of aromatic nitrogens is 2. The Hall–Kier alpha value is -3.60. The van der Waals surface area contributed by atoms with Crippen LogP contribution in [0.25, 0.3) is 22.6 Å². The largest absolute Gasteiger partial charge is 0.463 e. The Balaban J connectivity index is 1.22. The molecule has 0 aliphatic carbocycles. The highest BCUT2D eigenvalue weighted by atomic mass is 16.3. The minimum absolute atomic E-state index is 0.0108. The molecule has 0 unspecified atom stereocenters. The average Bonchev–Trinajstić information content (AvgIpc) is 3.59. The number of imidazole rings is 1. The molecule has 5 nitrogen and oxygen atoms in total. The average molecular weight is 412 g/mol. The van der Waals surface area contributed by atoms with Gasteiger partial charge >= 0.3 is 0 Å². The second-order valence-electron chi connectivity index (χ2n) is 7.97. The third-order valence-corrected chi connectivity index (χ3v) is 5.96. The topological polar surface area (TPSA) is 62.1 Å². The summed E-state index contributed by atoms with van der Waals surface area (Å²) in [6, 6.07) is 22.6. The van der Waals surface area contributed by atoms with Crippen molar-refractivity contribution in [3.05, 3.63) is 90.6 Å². The molecule has 0 bridgehead atoms. The van der Waals surface area contributed by atoms with Crippen molar-refractivity contribution in [2.45, 2.75) is 31.7 Å². The highest BCUT2D eigenvalue weighted by Crippen LogP contribution is 2.32. The van der Waals surface area contributed by atoms with E-state index in [1.165, 1.54) is 16.7 Å². The second-order valence-corrected chi connectivity index (χ2v) is 7.97. The first-order valence-corrected chi connectivity index (χ1v) is 10.8. The Labute approximate surface area is 181 Å². The molecule has 0 radical (unpaired) electrons. The molecule has 1 aliphatic rings. The summed E-state index contributed by atoms with van der Waals surface area (Å²) in [7, 11) is 0. The molecule has 1 fully saturated rings. The lowest BCUT2D eigenvalue weighted by Crippen LogP contribution is -2.31. The number of benzene rings is 2. The van der Waals surface area contributed by atoms with Gasteiger partial charge in [0.2, 0.25) is 5.91 Å². The van der Waals surface area contributed by atoms with E-state index in [1.807, 2.05) is 35.2 Å². The van der Waals surface area contributed by atoms with E-state index < -0.39 is 0 Å². The molecule has 4 aromatic rings. The predicted molar refractivity (Wildman–Crippen MR) is 120 cm³/mol. The summed E-state index contributed by atoms with van der Waals surface area (Å²) in [5.74, 6) is 1.78. The Morgan fingerprint density at radius 1 is 1.03 bits per heavy atom. The molecule has 2 aromatic carbocycles. The number of nitrogens with one attached hydrogen (secondary N) is 1. The molecule has 1 saturated heterocycles. The zero-order chi connectivity index (χ0) is 21.0. The number of H-pyrrole nitrogens is 1. The number of carbonyl (C=O) groups excluding carboxylic acids is 1. The van der Waals surface area contributed by atoms with E-state index in [9.17, 15) is 4.79 Å². The second kappa shape index (κ2) is 8.64. The van der Waals surface area contributed by atoms with Crippen molar-refractivity contribution in [2.24, 2.45) is 0 Å². The molecule has 0 spiro atoms. The van der Waals surface area contributed by atoms with Crippen molar-refractivity contribution in [3.8, 4) is 22.6 Å². The molecule has 3 heterocycles. The molecule has 1 N–H and O–H groups in total. The van der Waals surface area contributed by atoms with E-state index in [0.717, 1.165) is 43.1 Å². The van der Waals surface area contributed by atoms with Gasteiger partial charge < -0.3 is 14.3 Å². The SMILES string of the molecule is O=C(CCc1ccc(-c2ccccc2)cc1)N1CCC[C@H]1c1ncc(-c2ccco2)[nH]1. The van der Waals surface area contributed by atoms with Crippen molar-refractivity contribution in [2.75, 3.05) is 6.54 Å². The summed E-state index contributed by atoms with van der Waals surface area (Å²) in [4.78, 5) is 22.8. The summed E-state index contributed by atoms with van der Waals surface area (Å²) >= 11 is 0. The van der Waals surface area contributed by atoms with Gasteiger partial charge in [0, 0.05) is 13.0 Å². The maximum Gasteiger partial charge on any atom is 0.223 e. The quantitative estimate of drug-likeness (QED) is 0.447. The molecule has 1 atom stereocenters. The van der Waals surface area contributed by atoms with Crippen molar-refractivity contribution < 1.29 is 9.21 Å². The molecule has 5 rings (SSSR count). The van der Waals surface area contributed by atoms with Crippen LogP contribution in [0.2, 0.25) is 0 Å². The number of aromatic amines is 1. The Bertz CT molecular complexity index is 1130. The first kappa shape index (κ1) is 19.4. The van der Waals surface area contributed by atoms with Crippen LogP contribution in [-0.4, -0.2) is 27.3 Å². The van der Waals surface area contributed by atoms with Gasteiger partial charge in [-0.3, -0.25) is 4.79 Å². The van der Waals surface area contributed by atoms with Crippen LogP contribution in [0.4, 0.5) is 0 Å². The minimum Gasteiger partial charge on any atom is -0.463 e. The minimum atomic E-state index is 0.0108. The van der Waals surface area contributed by atoms with Crippen LogP contribution >= 0.6 is 0 Å². The molecule has 2 aromatic heterocycles. The van der Waals surface area contributed by atoms with E-state index in [-0.39, 0.29) is 11.9 Å². The molecule has 5 heteroatoms. The standard InChI is InChI=1S/C26H25N3O2/c30-25(15-12-19-10-13-21(14-11-19)20-6-2-1-3-7-20)29-16-4-8-23(29)26-27-18-22(28-26)24-9-5-17-31-24/h1-3,5-7,9-11,13-14,17-18,23H,4,8,12,15-16H2,(H,27,28)/t23-/m0/s1. The zero-order valence-electron chi connectivity index (χ0n) is 17.3. The number of furan rings is 1. The van der Waals surface area contributed by atoms with Gasteiger partial charge in [-0.1, -0.05) is 54.6 Å². The summed E-state index contributed by atoms with van der Waals surface area (Å²) in [6.45, 7) is 0.785. The Morgan fingerprint density at radius 2 is 1.84 bits per heavy atom. The fraction of sp³-hybridized carbons (Fsp3) is 0.231.